The Balaban J connectivity index is -0.00000392. The third-order valence-corrected chi connectivity index (χ3v) is 5.71. The summed E-state index contributed by atoms with van der Waals surface area (Å²) in [5.41, 5.74) is 0. The zero-order valence-electron chi connectivity index (χ0n) is 19.7. The molecule has 0 aromatic heterocycles. The summed E-state index contributed by atoms with van der Waals surface area (Å²) >= 11 is 0. The van der Waals surface area contributed by atoms with Crippen molar-refractivity contribution >= 4 is 20.8 Å². The van der Waals surface area contributed by atoms with Crippen LogP contribution in [0.4, 0.5) is 0 Å². The average molecular weight is 505 g/mol. The molecule has 0 saturated carbocycles. The zero-order valence-corrected chi connectivity index (χ0v) is 25.3. The molecule has 0 aliphatic rings. The second-order valence-corrected chi connectivity index (χ2v) is 9.74. The van der Waals surface area contributed by atoms with Gasteiger partial charge in [-0.15, -0.1) is 0 Å². The molecule has 0 aliphatic carbocycles. The Hall–Kier alpha value is 1.74. The molecule has 0 fully saturated rings. The molecule has 0 atom stereocenters. The van der Waals surface area contributed by atoms with Crippen LogP contribution in [0.15, 0.2) is 0 Å². The van der Waals surface area contributed by atoms with E-state index in [1.54, 1.807) is 0 Å². The van der Waals surface area contributed by atoms with Gasteiger partial charge in [0.15, 0.2) is 0 Å². The summed E-state index contributed by atoms with van der Waals surface area (Å²) in [5, 5.41) is 0. The van der Waals surface area contributed by atoms with Crippen molar-refractivity contribution in [3.05, 3.63) is 0 Å². The van der Waals surface area contributed by atoms with E-state index in [0.29, 0.717) is 12.8 Å². The first-order chi connectivity index (χ1) is 13.6. The number of hydrogen-bond donors (Lipinski definition) is 0. The molecular weight excluding hydrogens is 466 g/mol. The minimum absolute atomic E-state index is 0. The molecule has 176 valence electrons. The van der Waals surface area contributed by atoms with Gasteiger partial charge in [0.25, 0.3) is 0 Å². The van der Waals surface area contributed by atoms with Gasteiger partial charge in [-0.25, -0.2) is 16.8 Å². The molecule has 0 aliphatic heterocycles. The SMILES string of the molecule is CCCCCCCCCCCCCCCCC(COS(=O)(=O)[O-])COS(=O)(=O)[O-].[Na+].[Na+]. The van der Waals surface area contributed by atoms with E-state index in [0.717, 1.165) is 19.3 Å². The third kappa shape index (κ3) is 31.7. The summed E-state index contributed by atoms with van der Waals surface area (Å²) in [6.07, 6.45) is 17.2. The first kappa shape index (κ1) is 37.3. The maximum absolute atomic E-state index is 10.5. The summed E-state index contributed by atoms with van der Waals surface area (Å²) in [7, 11) is -9.73. The predicted molar refractivity (Wildman–Crippen MR) is 110 cm³/mol. The summed E-state index contributed by atoms with van der Waals surface area (Å²) in [4.78, 5) is 0. The van der Waals surface area contributed by atoms with Crippen LogP contribution in [-0.4, -0.2) is 39.2 Å². The topological polar surface area (TPSA) is 133 Å². The molecule has 0 aromatic carbocycles. The fourth-order valence-corrected chi connectivity index (χ4v) is 3.92. The van der Waals surface area contributed by atoms with Gasteiger partial charge in [-0.05, 0) is 6.42 Å². The van der Waals surface area contributed by atoms with E-state index in [2.05, 4.69) is 15.3 Å². The quantitative estimate of drug-likeness (QED) is 0.0793. The summed E-state index contributed by atoms with van der Waals surface area (Å²) in [5.74, 6) is -0.639. The second-order valence-electron chi connectivity index (χ2n) is 7.64. The van der Waals surface area contributed by atoms with Crippen molar-refractivity contribution in [2.24, 2.45) is 5.92 Å². The molecule has 0 heterocycles. The van der Waals surface area contributed by atoms with Gasteiger partial charge >= 0.3 is 59.1 Å². The predicted octanol–water partition coefficient (Wildman–Crippen LogP) is -1.56. The van der Waals surface area contributed by atoms with Crippen LogP contribution in [-0.2, 0) is 29.2 Å². The van der Waals surface area contributed by atoms with E-state index < -0.39 is 39.9 Å². The summed E-state index contributed by atoms with van der Waals surface area (Å²) in [6.45, 7) is 1.25. The maximum atomic E-state index is 10.5. The number of unbranched alkanes of at least 4 members (excludes halogenated alkanes) is 13. The van der Waals surface area contributed by atoms with Crippen LogP contribution in [0.5, 0.6) is 0 Å². The first-order valence-corrected chi connectivity index (χ1v) is 13.5. The largest absolute Gasteiger partial charge is 1.00 e. The standard InChI is InChI=1S/C19H40O8S2.2Na/c1-2-3-4-5-6-7-8-9-10-11-12-13-14-15-16-19(17-26-28(20,21)22)18-27-29(23,24)25;;/h19H,2-18H2,1H3,(H,20,21,22)(H,23,24,25);;/q;2*+1/p-2. The molecule has 0 rings (SSSR count). The molecule has 0 saturated heterocycles. The second kappa shape index (κ2) is 23.5. The van der Waals surface area contributed by atoms with Gasteiger partial charge in [0, 0.05) is 5.92 Å². The molecule has 0 spiro atoms. The Labute approximate surface area is 234 Å². The molecule has 0 aromatic rings. The van der Waals surface area contributed by atoms with Crippen molar-refractivity contribution in [2.45, 2.75) is 103 Å². The normalized spacial score (nSPS) is 11.9. The van der Waals surface area contributed by atoms with E-state index in [1.165, 1.54) is 64.2 Å². The molecular formula is C19H38Na2O8S2. The Morgan fingerprint density at radius 3 is 1.16 bits per heavy atom. The minimum atomic E-state index is -4.86. The fourth-order valence-electron chi connectivity index (χ4n) is 3.20. The van der Waals surface area contributed by atoms with E-state index in [9.17, 15) is 25.9 Å². The zero-order chi connectivity index (χ0) is 22.0. The molecule has 8 nitrogen and oxygen atoms in total. The van der Waals surface area contributed by atoms with Crippen molar-refractivity contribution < 1.29 is 93.4 Å². The van der Waals surface area contributed by atoms with Gasteiger partial charge in [-0.2, -0.15) is 0 Å². The minimum Gasteiger partial charge on any atom is -0.726 e. The van der Waals surface area contributed by atoms with Gasteiger partial charge in [-0.3, -0.25) is 8.37 Å². The van der Waals surface area contributed by atoms with E-state index in [4.69, 9.17) is 0 Å². The van der Waals surface area contributed by atoms with Gasteiger partial charge in [0.05, 0.1) is 13.2 Å². The van der Waals surface area contributed by atoms with Crippen LogP contribution in [0.1, 0.15) is 103 Å². The Morgan fingerprint density at radius 1 is 0.581 bits per heavy atom. The van der Waals surface area contributed by atoms with Gasteiger partial charge in [-0.1, -0.05) is 96.8 Å². The van der Waals surface area contributed by atoms with E-state index >= 15 is 0 Å². The molecule has 0 radical (unpaired) electrons. The van der Waals surface area contributed by atoms with Crippen LogP contribution in [0.3, 0.4) is 0 Å². The third-order valence-electron chi connectivity index (χ3n) is 4.86. The summed E-state index contributed by atoms with van der Waals surface area (Å²) < 4.78 is 71.6. The van der Waals surface area contributed by atoms with Crippen LogP contribution < -0.4 is 59.1 Å². The molecule has 0 bridgehead atoms. The van der Waals surface area contributed by atoms with Crippen LogP contribution >= 0.6 is 0 Å². The average Bonchev–Trinajstić information content (AvgIpc) is 2.62. The first-order valence-electron chi connectivity index (χ1n) is 10.8. The molecule has 0 unspecified atom stereocenters. The van der Waals surface area contributed by atoms with Crippen molar-refractivity contribution in [2.75, 3.05) is 13.2 Å². The van der Waals surface area contributed by atoms with Crippen molar-refractivity contribution in [1.29, 1.82) is 0 Å². The van der Waals surface area contributed by atoms with Gasteiger partial charge in [0.1, 0.15) is 0 Å². The maximum Gasteiger partial charge on any atom is 1.00 e. The van der Waals surface area contributed by atoms with E-state index in [1.807, 2.05) is 0 Å². The Kier molecular flexibility index (Phi) is 28.2. The van der Waals surface area contributed by atoms with Crippen LogP contribution in [0.25, 0.3) is 0 Å². The van der Waals surface area contributed by atoms with Crippen LogP contribution in [0, 0.1) is 5.92 Å². The summed E-state index contributed by atoms with van der Waals surface area (Å²) in [6, 6.07) is 0. The van der Waals surface area contributed by atoms with E-state index in [-0.39, 0.29) is 59.1 Å². The molecule has 0 N–H and O–H groups in total. The smallest absolute Gasteiger partial charge is 0.726 e. The van der Waals surface area contributed by atoms with Crippen molar-refractivity contribution in [3.63, 3.8) is 0 Å². The molecule has 12 heteroatoms. The van der Waals surface area contributed by atoms with Gasteiger partial charge in [0.2, 0.25) is 20.8 Å². The molecule has 0 amide bonds. The fraction of sp³-hybridized carbons (Fsp3) is 1.00. The monoisotopic (exact) mass is 504 g/mol. The van der Waals surface area contributed by atoms with Crippen LogP contribution in [0.2, 0.25) is 0 Å². The number of rotatable bonds is 21. The van der Waals surface area contributed by atoms with Crippen molar-refractivity contribution in [1.82, 2.24) is 0 Å². The van der Waals surface area contributed by atoms with Gasteiger partial charge < -0.3 is 9.11 Å². The van der Waals surface area contributed by atoms with Crippen molar-refractivity contribution in [3.8, 4) is 0 Å². The Morgan fingerprint density at radius 2 is 0.871 bits per heavy atom. The number of hydrogen-bond acceptors (Lipinski definition) is 8. The molecule has 31 heavy (non-hydrogen) atoms. The Bertz CT molecular complexity index is 550.